The maximum absolute atomic E-state index is 6.85. The summed E-state index contributed by atoms with van der Waals surface area (Å²) in [6, 6.07) is 66.6. The first-order valence-electron chi connectivity index (χ1n) is 19.3. The zero-order valence-electron chi connectivity index (χ0n) is 31.2. The van der Waals surface area contributed by atoms with Crippen molar-refractivity contribution >= 4 is 39.0 Å². The van der Waals surface area contributed by atoms with E-state index in [1.165, 1.54) is 61.2 Å². The molecule has 0 bridgehead atoms. The van der Waals surface area contributed by atoms with Gasteiger partial charge in [0, 0.05) is 27.6 Å². The number of anilines is 3. The molecular formula is C53H39NO. The van der Waals surface area contributed by atoms with E-state index in [9.17, 15) is 0 Å². The number of hydrogen-bond donors (Lipinski definition) is 0. The topological polar surface area (TPSA) is 16.4 Å². The van der Waals surface area contributed by atoms with Crippen molar-refractivity contribution in [2.45, 2.75) is 31.6 Å². The van der Waals surface area contributed by atoms with E-state index >= 15 is 0 Å². The quantitative estimate of drug-likeness (QED) is 0.177. The fourth-order valence-electron chi connectivity index (χ4n) is 9.78. The molecule has 0 unspecified atom stereocenters. The van der Waals surface area contributed by atoms with Gasteiger partial charge in [-0.2, -0.15) is 0 Å². The van der Waals surface area contributed by atoms with Crippen LogP contribution >= 0.6 is 0 Å². The monoisotopic (exact) mass is 705 g/mol. The second-order valence-corrected chi connectivity index (χ2v) is 15.8. The lowest BCUT2D eigenvalue weighted by Gasteiger charge is -2.29. The Morgan fingerprint density at radius 1 is 0.418 bits per heavy atom. The smallest absolute Gasteiger partial charge is 0.137 e. The molecule has 2 aliphatic carbocycles. The molecule has 2 nitrogen and oxygen atoms in total. The molecule has 55 heavy (non-hydrogen) atoms. The van der Waals surface area contributed by atoms with Crippen LogP contribution in [0.5, 0.6) is 0 Å². The average molecular weight is 706 g/mol. The van der Waals surface area contributed by atoms with E-state index in [-0.39, 0.29) is 10.8 Å². The zero-order valence-corrected chi connectivity index (χ0v) is 31.2. The Labute approximate surface area is 322 Å². The molecule has 1 aromatic heterocycles. The SMILES string of the molecule is CC1(C)c2ccccc2-c2ccc(N(c3cccc(-c4ccccc4)c3)c3cccc4oc5cc(C6(C)c7ccccc7-c7ccccc76)ccc5c34)cc21. The van der Waals surface area contributed by atoms with Crippen molar-refractivity contribution in [2.75, 3.05) is 4.90 Å². The number of fused-ring (bicyclic) bond motifs is 9. The summed E-state index contributed by atoms with van der Waals surface area (Å²) >= 11 is 0. The van der Waals surface area contributed by atoms with Crippen LogP contribution in [-0.2, 0) is 10.8 Å². The van der Waals surface area contributed by atoms with E-state index < -0.39 is 0 Å². The van der Waals surface area contributed by atoms with E-state index in [0.717, 1.165) is 39.0 Å². The van der Waals surface area contributed by atoms with Gasteiger partial charge in [-0.05, 0) is 111 Å². The van der Waals surface area contributed by atoms with Crippen LogP contribution in [0.3, 0.4) is 0 Å². The van der Waals surface area contributed by atoms with Gasteiger partial charge in [0.1, 0.15) is 11.2 Å². The van der Waals surface area contributed by atoms with Gasteiger partial charge in [-0.1, -0.05) is 153 Å². The number of hydrogen-bond acceptors (Lipinski definition) is 2. The lowest BCUT2D eigenvalue weighted by molar-refractivity contribution is 0.660. The Hall–Kier alpha value is -6.64. The maximum atomic E-state index is 6.85. The largest absolute Gasteiger partial charge is 0.456 e. The van der Waals surface area contributed by atoms with Gasteiger partial charge in [0.15, 0.2) is 0 Å². The molecule has 0 fully saturated rings. The van der Waals surface area contributed by atoms with E-state index in [2.05, 4.69) is 208 Å². The highest BCUT2D eigenvalue weighted by molar-refractivity contribution is 6.13. The first kappa shape index (κ1) is 31.8. The fraction of sp³-hybridized carbons (Fsp3) is 0.0943. The molecule has 0 saturated carbocycles. The standard InChI is InChI=1S/C53H39NO/c1-52(2)44-22-10-7-19-39(44)42-30-28-38(33-47(42)52)54(37-18-13-17-35(31-37)34-15-5-4-6-16-34)48-25-14-26-49-51(48)43-29-27-36(32-50(43)55-49)53(3)45-23-11-8-20-40(45)41-21-9-12-24-46(41)53/h4-33H,1-3H3. The van der Waals surface area contributed by atoms with Gasteiger partial charge < -0.3 is 9.32 Å². The van der Waals surface area contributed by atoms with E-state index in [1.807, 2.05) is 0 Å². The molecule has 2 aliphatic rings. The summed E-state index contributed by atoms with van der Waals surface area (Å²) in [7, 11) is 0. The number of rotatable bonds is 5. The predicted octanol–water partition coefficient (Wildman–Crippen LogP) is 14.4. The Kier molecular flexibility index (Phi) is 6.76. The van der Waals surface area contributed by atoms with Gasteiger partial charge in [0.05, 0.1) is 11.1 Å². The second-order valence-electron chi connectivity index (χ2n) is 15.8. The van der Waals surface area contributed by atoms with Gasteiger partial charge in [0.25, 0.3) is 0 Å². The average Bonchev–Trinajstić information content (AvgIpc) is 3.82. The summed E-state index contributed by atoms with van der Waals surface area (Å²) in [6.07, 6.45) is 0. The second kappa shape index (κ2) is 11.7. The molecule has 2 heteroatoms. The molecule has 0 N–H and O–H groups in total. The Morgan fingerprint density at radius 3 is 1.76 bits per heavy atom. The number of furan rings is 1. The highest BCUT2D eigenvalue weighted by atomic mass is 16.3. The van der Waals surface area contributed by atoms with Crippen molar-refractivity contribution in [3.8, 4) is 33.4 Å². The van der Waals surface area contributed by atoms with Crippen molar-refractivity contribution in [3.05, 3.63) is 210 Å². The summed E-state index contributed by atoms with van der Waals surface area (Å²) in [5, 5.41) is 2.21. The first-order valence-corrected chi connectivity index (χ1v) is 19.3. The lowest BCUT2D eigenvalue weighted by atomic mass is 9.74. The van der Waals surface area contributed by atoms with Gasteiger partial charge in [-0.15, -0.1) is 0 Å². The Bertz CT molecular complexity index is 2940. The summed E-state index contributed by atoms with van der Waals surface area (Å²) in [6.45, 7) is 7.07. The molecule has 11 rings (SSSR count). The number of nitrogens with zero attached hydrogens (tertiary/aromatic N) is 1. The van der Waals surface area contributed by atoms with Crippen molar-refractivity contribution in [1.82, 2.24) is 0 Å². The molecule has 0 saturated heterocycles. The molecule has 8 aromatic carbocycles. The van der Waals surface area contributed by atoms with E-state index in [1.54, 1.807) is 0 Å². The summed E-state index contributed by atoms with van der Waals surface area (Å²) in [4.78, 5) is 2.43. The molecule has 9 aromatic rings. The summed E-state index contributed by atoms with van der Waals surface area (Å²) in [5.74, 6) is 0. The highest BCUT2D eigenvalue weighted by Gasteiger charge is 2.41. The van der Waals surface area contributed by atoms with Crippen LogP contribution in [-0.4, -0.2) is 0 Å². The van der Waals surface area contributed by atoms with Crippen LogP contribution in [0.2, 0.25) is 0 Å². The van der Waals surface area contributed by atoms with Gasteiger partial charge >= 0.3 is 0 Å². The van der Waals surface area contributed by atoms with Crippen LogP contribution in [0.1, 0.15) is 48.6 Å². The third kappa shape index (κ3) is 4.55. The van der Waals surface area contributed by atoms with Gasteiger partial charge in [-0.25, -0.2) is 0 Å². The van der Waals surface area contributed by atoms with E-state index in [0.29, 0.717) is 0 Å². The normalized spacial score (nSPS) is 14.4. The van der Waals surface area contributed by atoms with Crippen LogP contribution in [0, 0.1) is 0 Å². The lowest BCUT2D eigenvalue weighted by Crippen LogP contribution is -2.22. The predicted molar refractivity (Wildman–Crippen MR) is 229 cm³/mol. The molecule has 262 valence electrons. The minimum atomic E-state index is -0.304. The zero-order chi connectivity index (χ0) is 36.9. The third-order valence-electron chi connectivity index (χ3n) is 12.6. The van der Waals surface area contributed by atoms with Crippen molar-refractivity contribution in [3.63, 3.8) is 0 Å². The third-order valence-corrected chi connectivity index (χ3v) is 12.6. The summed E-state index contributed by atoms with van der Waals surface area (Å²) < 4.78 is 6.85. The minimum absolute atomic E-state index is 0.127. The molecule has 0 atom stereocenters. The first-order chi connectivity index (χ1) is 26.9. The Morgan fingerprint density at radius 2 is 1.02 bits per heavy atom. The van der Waals surface area contributed by atoms with Crippen molar-refractivity contribution in [2.24, 2.45) is 0 Å². The highest BCUT2D eigenvalue weighted by Crippen LogP contribution is 2.54. The maximum Gasteiger partial charge on any atom is 0.137 e. The summed E-state index contributed by atoms with van der Waals surface area (Å²) in [5.41, 5.74) is 18.9. The van der Waals surface area contributed by atoms with Crippen molar-refractivity contribution in [1.29, 1.82) is 0 Å². The van der Waals surface area contributed by atoms with Crippen LogP contribution in [0.4, 0.5) is 17.1 Å². The van der Waals surface area contributed by atoms with Crippen LogP contribution < -0.4 is 4.90 Å². The van der Waals surface area contributed by atoms with Crippen LogP contribution in [0.25, 0.3) is 55.3 Å². The fourth-order valence-corrected chi connectivity index (χ4v) is 9.78. The molecular weight excluding hydrogens is 667 g/mol. The Balaban J connectivity index is 1.12. The van der Waals surface area contributed by atoms with Crippen LogP contribution in [0.15, 0.2) is 186 Å². The van der Waals surface area contributed by atoms with Gasteiger partial charge in [-0.3, -0.25) is 0 Å². The van der Waals surface area contributed by atoms with Crippen molar-refractivity contribution < 1.29 is 4.42 Å². The molecule has 0 radical (unpaired) electrons. The number of benzene rings is 8. The van der Waals surface area contributed by atoms with E-state index in [4.69, 9.17) is 4.42 Å². The minimum Gasteiger partial charge on any atom is -0.456 e. The molecule has 0 aliphatic heterocycles. The van der Waals surface area contributed by atoms with Gasteiger partial charge in [0.2, 0.25) is 0 Å². The molecule has 0 amide bonds. The molecule has 0 spiro atoms. The molecule has 1 heterocycles.